The van der Waals surface area contributed by atoms with Crippen LogP contribution in [0.1, 0.15) is 84.5 Å². The average Bonchev–Trinajstić information content (AvgIpc) is 2.47. The molecule has 0 radical (unpaired) electrons. The third-order valence-electron chi connectivity index (χ3n) is 3.54. The van der Waals surface area contributed by atoms with Gasteiger partial charge in [-0.15, -0.1) is 0 Å². The van der Waals surface area contributed by atoms with Crippen molar-refractivity contribution in [2.45, 2.75) is 84.5 Å². The van der Waals surface area contributed by atoms with Crippen molar-refractivity contribution >= 4 is 11.8 Å². The molecular formula is C17H34N2O2. The zero-order chi connectivity index (χ0) is 15.8. The summed E-state index contributed by atoms with van der Waals surface area (Å²) in [6.45, 7) is 5.74. The van der Waals surface area contributed by atoms with Crippen LogP contribution in [0.4, 0.5) is 4.79 Å². The molecule has 0 saturated heterocycles. The van der Waals surface area contributed by atoms with Gasteiger partial charge in [0.2, 0.25) is 0 Å². The van der Waals surface area contributed by atoms with Gasteiger partial charge in [-0.3, -0.25) is 4.79 Å². The van der Waals surface area contributed by atoms with E-state index in [1.54, 1.807) is 0 Å². The predicted molar refractivity (Wildman–Crippen MR) is 88.5 cm³/mol. The summed E-state index contributed by atoms with van der Waals surface area (Å²) < 4.78 is 0. The number of unbranched alkanes of at least 4 members (excludes halogenated alkanes) is 6. The van der Waals surface area contributed by atoms with Gasteiger partial charge in [-0.05, 0) is 25.7 Å². The monoisotopic (exact) mass is 298 g/mol. The molecule has 0 aromatic heterocycles. The Morgan fingerprint density at radius 3 is 1.81 bits per heavy atom. The number of rotatable bonds is 14. The molecule has 0 spiro atoms. The lowest BCUT2D eigenvalue weighted by Crippen LogP contribution is -2.36. The Bertz CT molecular complexity index is 242. The van der Waals surface area contributed by atoms with Gasteiger partial charge in [0.05, 0.1) is 0 Å². The number of urea groups is 1. The Kier molecular flexibility index (Phi) is 14.6. The predicted octanol–water partition coefficient (Wildman–Crippen LogP) is 4.19. The van der Waals surface area contributed by atoms with Crippen molar-refractivity contribution in [1.29, 1.82) is 0 Å². The van der Waals surface area contributed by atoms with Gasteiger partial charge in [0.25, 0.3) is 0 Å². The molecule has 0 atom stereocenters. The molecule has 0 aromatic carbocycles. The van der Waals surface area contributed by atoms with Crippen LogP contribution in [0.25, 0.3) is 0 Å². The molecule has 0 aliphatic carbocycles. The van der Waals surface area contributed by atoms with E-state index in [2.05, 4.69) is 24.5 Å². The second kappa shape index (κ2) is 15.3. The number of ketones is 1. The summed E-state index contributed by atoms with van der Waals surface area (Å²) in [5.41, 5.74) is 0. The minimum absolute atomic E-state index is 0.0606. The minimum atomic E-state index is -0.0606. The molecule has 21 heavy (non-hydrogen) atoms. The number of hydrogen-bond acceptors (Lipinski definition) is 2. The summed E-state index contributed by atoms with van der Waals surface area (Å²) in [6, 6.07) is -0.0606. The molecule has 4 heteroatoms. The number of amides is 2. The third-order valence-corrected chi connectivity index (χ3v) is 3.54. The molecule has 0 aromatic rings. The lowest BCUT2D eigenvalue weighted by molar-refractivity contribution is -0.119. The molecule has 2 amide bonds. The maximum Gasteiger partial charge on any atom is 0.314 e. The second-order valence-electron chi connectivity index (χ2n) is 5.70. The summed E-state index contributed by atoms with van der Waals surface area (Å²) >= 11 is 0. The molecule has 0 heterocycles. The average molecular weight is 298 g/mol. The van der Waals surface area contributed by atoms with Gasteiger partial charge < -0.3 is 10.6 Å². The van der Waals surface area contributed by atoms with E-state index < -0.39 is 0 Å². The van der Waals surface area contributed by atoms with Crippen molar-refractivity contribution < 1.29 is 9.59 Å². The standard InChI is InChI=1S/C17H34N2O2/c1-3-5-9-12-16(20)13-10-7-8-11-15-19-17(21)18-14-6-4-2/h3-15H2,1-2H3,(H2,18,19,21). The van der Waals surface area contributed by atoms with Crippen molar-refractivity contribution in [2.75, 3.05) is 13.1 Å². The van der Waals surface area contributed by atoms with Crippen molar-refractivity contribution in [3.8, 4) is 0 Å². The Hall–Kier alpha value is -1.06. The fourth-order valence-corrected chi connectivity index (χ4v) is 2.14. The number of nitrogens with one attached hydrogen (secondary N) is 2. The highest BCUT2D eigenvalue weighted by Gasteiger charge is 2.01. The number of carbonyl (C=O) groups is 2. The zero-order valence-corrected chi connectivity index (χ0v) is 14.0. The van der Waals surface area contributed by atoms with Crippen LogP contribution in [0.2, 0.25) is 0 Å². The van der Waals surface area contributed by atoms with E-state index in [1.165, 1.54) is 6.42 Å². The van der Waals surface area contributed by atoms with Gasteiger partial charge in [-0.25, -0.2) is 4.79 Å². The number of Topliss-reactive ketones (excluding diaryl/α,β-unsaturated/α-hetero) is 1. The Morgan fingerprint density at radius 2 is 1.19 bits per heavy atom. The second-order valence-corrected chi connectivity index (χ2v) is 5.70. The van der Waals surface area contributed by atoms with Crippen LogP contribution < -0.4 is 10.6 Å². The third kappa shape index (κ3) is 15.2. The molecule has 124 valence electrons. The van der Waals surface area contributed by atoms with Gasteiger partial charge in [-0.2, -0.15) is 0 Å². The van der Waals surface area contributed by atoms with E-state index in [0.717, 1.165) is 77.3 Å². The highest BCUT2D eigenvalue weighted by molar-refractivity contribution is 5.78. The molecule has 0 bridgehead atoms. The first-order valence-corrected chi connectivity index (χ1v) is 8.74. The van der Waals surface area contributed by atoms with Crippen LogP contribution in [0.5, 0.6) is 0 Å². The smallest absolute Gasteiger partial charge is 0.314 e. The van der Waals surface area contributed by atoms with E-state index >= 15 is 0 Å². The fourth-order valence-electron chi connectivity index (χ4n) is 2.14. The van der Waals surface area contributed by atoms with Crippen LogP contribution in [0, 0.1) is 0 Å². The van der Waals surface area contributed by atoms with Gasteiger partial charge in [0.15, 0.2) is 0 Å². The first-order chi connectivity index (χ1) is 10.2. The highest BCUT2D eigenvalue weighted by Crippen LogP contribution is 2.07. The maximum absolute atomic E-state index is 11.6. The molecule has 0 aliphatic heterocycles. The largest absolute Gasteiger partial charge is 0.338 e. The Labute approximate surface area is 130 Å². The maximum atomic E-state index is 11.6. The van der Waals surface area contributed by atoms with E-state index in [9.17, 15) is 9.59 Å². The van der Waals surface area contributed by atoms with E-state index in [-0.39, 0.29) is 6.03 Å². The summed E-state index contributed by atoms with van der Waals surface area (Å²) in [7, 11) is 0. The quantitative estimate of drug-likeness (QED) is 0.472. The number of hydrogen-bond donors (Lipinski definition) is 2. The van der Waals surface area contributed by atoms with E-state index in [1.807, 2.05) is 0 Å². The summed E-state index contributed by atoms with van der Waals surface area (Å²) in [5.74, 6) is 0.414. The first-order valence-electron chi connectivity index (χ1n) is 8.74. The highest BCUT2D eigenvalue weighted by atomic mass is 16.2. The molecule has 0 saturated carbocycles. The topological polar surface area (TPSA) is 58.2 Å². The molecule has 0 unspecified atom stereocenters. The number of carbonyl (C=O) groups excluding carboxylic acids is 2. The van der Waals surface area contributed by atoms with Crippen LogP contribution >= 0.6 is 0 Å². The molecular weight excluding hydrogens is 264 g/mol. The van der Waals surface area contributed by atoms with Crippen LogP contribution in [-0.4, -0.2) is 24.9 Å². The molecule has 2 N–H and O–H groups in total. The van der Waals surface area contributed by atoms with Gasteiger partial charge >= 0.3 is 6.03 Å². The zero-order valence-electron chi connectivity index (χ0n) is 14.0. The summed E-state index contributed by atoms with van der Waals surface area (Å²) in [6.07, 6.45) is 11.1. The normalized spacial score (nSPS) is 10.4. The minimum Gasteiger partial charge on any atom is -0.338 e. The van der Waals surface area contributed by atoms with Crippen LogP contribution in [-0.2, 0) is 4.79 Å². The van der Waals surface area contributed by atoms with Crippen LogP contribution in [0.3, 0.4) is 0 Å². The lowest BCUT2D eigenvalue weighted by atomic mass is 10.1. The fraction of sp³-hybridized carbons (Fsp3) is 0.882. The van der Waals surface area contributed by atoms with Crippen molar-refractivity contribution in [1.82, 2.24) is 10.6 Å². The van der Waals surface area contributed by atoms with Crippen molar-refractivity contribution in [3.63, 3.8) is 0 Å². The van der Waals surface area contributed by atoms with Gasteiger partial charge in [0, 0.05) is 25.9 Å². The molecule has 0 aliphatic rings. The van der Waals surface area contributed by atoms with Crippen molar-refractivity contribution in [2.24, 2.45) is 0 Å². The van der Waals surface area contributed by atoms with E-state index in [0.29, 0.717) is 5.78 Å². The van der Waals surface area contributed by atoms with Crippen LogP contribution in [0.15, 0.2) is 0 Å². The van der Waals surface area contributed by atoms with Gasteiger partial charge in [0.1, 0.15) is 5.78 Å². The summed E-state index contributed by atoms with van der Waals surface area (Å²) in [4.78, 5) is 22.9. The molecule has 0 fully saturated rings. The molecule has 4 nitrogen and oxygen atoms in total. The van der Waals surface area contributed by atoms with Crippen molar-refractivity contribution in [3.05, 3.63) is 0 Å². The summed E-state index contributed by atoms with van der Waals surface area (Å²) in [5, 5.41) is 5.69. The SMILES string of the molecule is CCCCCC(=O)CCCCCCNC(=O)NCCCC. The Balaban J connectivity index is 3.24. The Morgan fingerprint density at radius 1 is 0.667 bits per heavy atom. The lowest BCUT2D eigenvalue weighted by Gasteiger charge is -2.06. The first kappa shape index (κ1) is 19.9. The van der Waals surface area contributed by atoms with E-state index in [4.69, 9.17) is 0 Å². The molecule has 0 rings (SSSR count). The van der Waals surface area contributed by atoms with Gasteiger partial charge in [-0.1, -0.05) is 46.0 Å².